The van der Waals surface area contributed by atoms with Gasteiger partial charge in [-0.25, -0.2) is 0 Å². The van der Waals surface area contributed by atoms with E-state index in [0.717, 1.165) is 38.8 Å². The van der Waals surface area contributed by atoms with Crippen molar-refractivity contribution in [2.45, 2.75) is 32.6 Å². The Hall–Kier alpha value is -1.10. The third-order valence-electron chi connectivity index (χ3n) is 4.10. The Morgan fingerprint density at radius 3 is 2.89 bits per heavy atom. The average molecular weight is 254 g/mol. The molecule has 0 saturated carbocycles. The lowest BCUT2D eigenvalue weighted by Crippen LogP contribution is -2.36. The van der Waals surface area contributed by atoms with E-state index in [1.165, 1.54) is 0 Å². The Bertz CT molecular complexity index is 332. The van der Waals surface area contributed by atoms with Gasteiger partial charge in [-0.15, -0.1) is 0 Å². The second-order valence-electron chi connectivity index (χ2n) is 5.16. The molecule has 1 atom stereocenters. The molecule has 0 bridgehead atoms. The number of hydrogen-bond donors (Lipinski definition) is 1. The zero-order chi connectivity index (χ0) is 13.0. The van der Waals surface area contributed by atoms with Crippen LogP contribution in [0, 0.1) is 5.41 Å². The first-order valence-corrected chi connectivity index (χ1v) is 6.82. The van der Waals surface area contributed by atoms with E-state index in [1.54, 1.807) is 0 Å². The number of carbonyl (C=O) groups excluding carboxylic acids is 2. The molecule has 0 aromatic heterocycles. The van der Waals surface area contributed by atoms with Gasteiger partial charge >= 0.3 is 0 Å². The summed E-state index contributed by atoms with van der Waals surface area (Å²) in [5.74, 6) is 0.230. The minimum atomic E-state index is -0.208. The number of hydrogen-bond acceptors (Lipinski definition) is 3. The van der Waals surface area contributed by atoms with Crippen LogP contribution in [-0.2, 0) is 14.3 Å². The molecular weight excluding hydrogens is 232 g/mol. The highest BCUT2D eigenvalue weighted by Crippen LogP contribution is 2.37. The molecule has 102 valence electrons. The van der Waals surface area contributed by atoms with Gasteiger partial charge in [-0.1, -0.05) is 0 Å². The molecule has 1 N–H and O–H groups in total. The fourth-order valence-corrected chi connectivity index (χ4v) is 2.92. The fraction of sp³-hybridized carbons (Fsp3) is 0.846. The van der Waals surface area contributed by atoms with Crippen LogP contribution in [0.2, 0.25) is 0 Å². The number of rotatable bonds is 3. The van der Waals surface area contributed by atoms with Crippen molar-refractivity contribution in [1.82, 2.24) is 10.2 Å². The highest BCUT2D eigenvalue weighted by molar-refractivity contribution is 5.85. The van der Waals surface area contributed by atoms with Crippen molar-refractivity contribution >= 4 is 11.8 Å². The molecule has 0 radical (unpaired) electrons. The van der Waals surface area contributed by atoms with Gasteiger partial charge < -0.3 is 15.0 Å². The van der Waals surface area contributed by atoms with Crippen molar-refractivity contribution in [2.75, 3.05) is 32.8 Å². The topological polar surface area (TPSA) is 58.6 Å². The second-order valence-corrected chi connectivity index (χ2v) is 5.16. The molecule has 0 aromatic rings. The highest BCUT2D eigenvalue weighted by atomic mass is 16.5. The predicted octanol–water partition coefficient (Wildman–Crippen LogP) is 0.542. The maximum absolute atomic E-state index is 11.9. The van der Waals surface area contributed by atoms with Gasteiger partial charge in [0.25, 0.3) is 0 Å². The maximum Gasteiger partial charge on any atom is 0.248 e. The van der Waals surface area contributed by atoms with Crippen LogP contribution in [0.3, 0.4) is 0 Å². The number of likely N-dealkylation sites (tertiary alicyclic amines) is 1. The Kier molecular flexibility index (Phi) is 4.22. The minimum absolute atomic E-state index is 0.0484. The largest absolute Gasteiger partial charge is 0.372 e. The Morgan fingerprint density at radius 2 is 2.22 bits per heavy atom. The van der Waals surface area contributed by atoms with E-state index in [-0.39, 0.29) is 23.8 Å². The van der Waals surface area contributed by atoms with E-state index in [1.807, 2.05) is 11.8 Å². The second kappa shape index (κ2) is 5.69. The number of nitrogens with zero attached hydrogens (tertiary/aromatic N) is 1. The lowest BCUT2D eigenvalue weighted by Gasteiger charge is -2.24. The highest BCUT2D eigenvalue weighted by Gasteiger charge is 2.43. The van der Waals surface area contributed by atoms with Crippen molar-refractivity contribution in [1.29, 1.82) is 0 Å². The third kappa shape index (κ3) is 2.66. The minimum Gasteiger partial charge on any atom is -0.372 e. The lowest BCUT2D eigenvalue weighted by molar-refractivity contribution is -0.136. The van der Waals surface area contributed by atoms with E-state index in [2.05, 4.69) is 5.32 Å². The molecule has 0 aromatic carbocycles. The van der Waals surface area contributed by atoms with Gasteiger partial charge in [0.2, 0.25) is 11.8 Å². The lowest BCUT2D eigenvalue weighted by atomic mass is 9.79. The van der Waals surface area contributed by atoms with Gasteiger partial charge in [-0.05, 0) is 32.6 Å². The normalized spacial score (nSPS) is 28.3. The van der Waals surface area contributed by atoms with Gasteiger partial charge in [0, 0.05) is 26.2 Å². The van der Waals surface area contributed by atoms with Gasteiger partial charge in [-0.3, -0.25) is 9.59 Å². The van der Waals surface area contributed by atoms with Gasteiger partial charge in [0.05, 0.1) is 5.41 Å². The van der Waals surface area contributed by atoms with E-state index in [9.17, 15) is 9.59 Å². The summed E-state index contributed by atoms with van der Waals surface area (Å²) in [7, 11) is 0. The summed E-state index contributed by atoms with van der Waals surface area (Å²) in [5, 5.41) is 2.92. The summed E-state index contributed by atoms with van der Waals surface area (Å²) in [4.78, 5) is 25.7. The van der Waals surface area contributed by atoms with Crippen LogP contribution in [-0.4, -0.2) is 49.6 Å². The summed E-state index contributed by atoms with van der Waals surface area (Å²) < 4.78 is 5.16. The van der Waals surface area contributed by atoms with Crippen molar-refractivity contribution in [3.63, 3.8) is 0 Å². The quantitative estimate of drug-likeness (QED) is 0.800. The third-order valence-corrected chi connectivity index (χ3v) is 4.10. The molecule has 18 heavy (non-hydrogen) atoms. The van der Waals surface area contributed by atoms with Gasteiger partial charge in [-0.2, -0.15) is 0 Å². The summed E-state index contributed by atoms with van der Waals surface area (Å²) in [6, 6.07) is 0. The van der Waals surface area contributed by atoms with Crippen LogP contribution in [0.1, 0.15) is 32.6 Å². The zero-order valence-corrected chi connectivity index (χ0v) is 11.0. The molecule has 2 rings (SSSR count). The van der Waals surface area contributed by atoms with Crippen molar-refractivity contribution < 1.29 is 14.3 Å². The molecular formula is C13H22N2O3. The van der Waals surface area contributed by atoms with Crippen LogP contribution < -0.4 is 5.32 Å². The van der Waals surface area contributed by atoms with E-state index in [0.29, 0.717) is 13.2 Å². The number of carbonyl (C=O) groups is 2. The average Bonchev–Trinajstić information content (AvgIpc) is 2.61. The Labute approximate surface area is 108 Å². The number of amides is 2. The molecule has 2 aliphatic heterocycles. The first kappa shape index (κ1) is 13.3. The molecule has 2 heterocycles. The van der Waals surface area contributed by atoms with E-state index < -0.39 is 0 Å². The first-order valence-electron chi connectivity index (χ1n) is 6.82. The molecule has 0 aliphatic carbocycles. The van der Waals surface area contributed by atoms with Crippen LogP contribution in [0.4, 0.5) is 0 Å². The SMILES string of the molecule is CCOCC(=O)N1CCCC2(CCNC2=O)CC1. The molecule has 2 fully saturated rings. The smallest absolute Gasteiger partial charge is 0.248 e. The molecule has 2 aliphatic rings. The summed E-state index contributed by atoms with van der Waals surface area (Å²) in [5.41, 5.74) is -0.208. The van der Waals surface area contributed by atoms with Crippen molar-refractivity contribution in [3.8, 4) is 0 Å². The molecule has 2 saturated heterocycles. The van der Waals surface area contributed by atoms with Gasteiger partial charge in [0.1, 0.15) is 6.61 Å². The summed E-state index contributed by atoms with van der Waals surface area (Å²) in [6.45, 7) is 4.82. The summed E-state index contributed by atoms with van der Waals surface area (Å²) in [6.07, 6.45) is 3.51. The Morgan fingerprint density at radius 1 is 1.39 bits per heavy atom. The van der Waals surface area contributed by atoms with Gasteiger partial charge in [0.15, 0.2) is 0 Å². The van der Waals surface area contributed by atoms with Crippen LogP contribution in [0.25, 0.3) is 0 Å². The standard InChI is InChI=1S/C13H22N2O3/c1-2-18-10-11(16)15-8-3-4-13(6-9-15)5-7-14-12(13)17/h2-10H2,1H3,(H,14,17). The fourth-order valence-electron chi connectivity index (χ4n) is 2.92. The van der Waals surface area contributed by atoms with E-state index >= 15 is 0 Å². The Balaban J connectivity index is 1.92. The molecule has 1 spiro atoms. The van der Waals surface area contributed by atoms with Crippen LogP contribution >= 0.6 is 0 Å². The molecule has 1 unspecified atom stereocenters. The van der Waals surface area contributed by atoms with Crippen LogP contribution in [0.5, 0.6) is 0 Å². The van der Waals surface area contributed by atoms with Crippen molar-refractivity contribution in [3.05, 3.63) is 0 Å². The number of ether oxygens (including phenoxy) is 1. The zero-order valence-electron chi connectivity index (χ0n) is 11.0. The monoisotopic (exact) mass is 254 g/mol. The number of nitrogens with one attached hydrogen (secondary N) is 1. The maximum atomic E-state index is 11.9. The van der Waals surface area contributed by atoms with Crippen molar-refractivity contribution in [2.24, 2.45) is 5.41 Å². The molecule has 2 amide bonds. The predicted molar refractivity (Wildman–Crippen MR) is 67.0 cm³/mol. The molecule has 5 nitrogen and oxygen atoms in total. The van der Waals surface area contributed by atoms with Crippen LogP contribution in [0.15, 0.2) is 0 Å². The molecule has 5 heteroatoms. The summed E-state index contributed by atoms with van der Waals surface area (Å²) >= 11 is 0. The van der Waals surface area contributed by atoms with E-state index in [4.69, 9.17) is 4.74 Å². The first-order chi connectivity index (χ1) is 8.68.